The molecule has 0 spiro atoms. The molecule has 0 unspecified atom stereocenters. The van der Waals surface area contributed by atoms with Gasteiger partial charge in [0, 0.05) is 6.54 Å². The second-order valence-electron chi connectivity index (χ2n) is 5.11. The molecular weight excluding hydrogens is 230 g/mol. The van der Waals surface area contributed by atoms with Gasteiger partial charge in [-0.25, -0.2) is 4.79 Å². The first-order valence-electron chi connectivity index (χ1n) is 6.65. The molecule has 0 aliphatic heterocycles. The van der Waals surface area contributed by atoms with Gasteiger partial charge in [0.15, 0.2) is 0 Å². The fourth-order valence-electron chi connectivity index (χ4n) is 2.40. The lowest BCUT2D eigenvalue weighted by Crippen LogP contribution is -2.31. The molecule has 1 aromatic heterocycles. The third kappa shape index (κ3) is 2.93. The van der Waals surface area contributed by atoms with Gasteiger partial charge in [0.2, 0.25) is 0 Å². The number of nitrogens with zero attached hydrogens (tertiary/aromatic N) is 1. The summed E-state index contributed by atoms with van der Waals surface area (Å²) in [5.74, 6) is 1.16. The number of aryl methyl sites for hydroxylation is 1. The first-order chi connectivity index (χ1) is 8.60. The van der Waals surface area contributed by atoms with Gasteiger partial charge in [-0.2, -0.15) is 0 Å². The number of hydrogen-bond acceptors (Lipinski definition) is 3. The van der Waals surface area contributed by atoms with Gasteiger partial charge in [0.05, 0.1) is 6.54 Å². The highest BCUT2D eigenvalue weighted by Gasteiger charge is 2.21. The van der Waals surface area contributed by atoms with Crippen LogP contribution in [0.2, 0.25) is 0 Å². The Morgan fingerprint density at radius 2 is 2.28 bits per heavy atom. The van der Waals surface area contributed by atoms with Gasteiger partial charge in [-0.3, -0.25) is 4.90 Å². The summed E-state index contributed by atoms with van der Waals surface area (Å²) in [6.45, 7) is 6.61. The summed E-state index contributed by atoms with van der Waals surface area (Å²) in [6, 6.07) is 1.65. The third-order valence-electron chi connectivity index (χ3n) is 3.77. The van der Waals surface area contributed by atoms with Crippen LogP contribution in [-0.4, -0.2) is 29.1 Å². The van der Waals surface area contributed by atoms with E-state index in [1.54, 1.807) is 13.0 Å². The zero-order valence-electron chi connectivity index (χ0n) is 11.1. The Morgan fingerprint density at radius 1 is 1.56 bits per heavy atom. The van der Waals surface area contributed by atoms with Crippen molar-refractivity contribution in [3.63, 3.8) is 0 Å². The van der Waals surface area contributed by atoms with E-state index in [-0.39, 0.29) is 5.56 Å². The summed E-state index contributed by atoms with van der Waals surface area (Å²) < 4.78 is 5.52. The number of carboxylic acids is 1. The zero-order valence-corrected chi connectivity index (χ0v) is 11.1. The van der Waals surface area contributed by atoms with Crippen LogP contribution in [0.25, 0.3) is 0 Å². The molecule has 4 nitrogen and oxygen atoms in total. The van der Waals surface area contributed by atoms with Crippen molar-refractivity contribution in [3.05, 3.63) is 23.2 Å². The average Bonchev–Trinajstić information content (AvgIpc) is 2.63. The van der Waals surface area contributed by atoms with Crippen molar-refractivity contribution in [1.82, 2.24) is 4.90 Å². The summed E-state index contributed by atoms with van der Waals surface area (Å²) in [6.07, 6.45) is 4.01. The Labute approximate surface area is 108 Å². The fourth-order valence-corrected chi connectivity index (χ4v) is 2.40. The molecule has 100 valence electrons. The molecule has 0 aromatic carbocycles. The minimum absolute atomic E-state index is 0.282. The van der Waals surface area contributed by atoms with Crippen LogP contribution in [0.5, 0.6) is 0 Å². The van der Waals surface area contributed by atoms with Gasteiger partial charge in [0.25, 0.3) is 0 Å². The molecule has 0 amide bonds. The van der Waals surface area contributed by atoms with Gasteiger partial charge in [-0.15, -0.1) is 0 Å². The predicted molar refractivity (Wildman–Crippen MR) is 68.7 cm³/mol. The van der Waals surface area contributed by atoms with E-state index in [1.807, 2.05) is 0 Å². The number of carbonyl (C=O) groups is 1. The van der Waals surface area contributed by atoms with E-state index >= 15 is 0 Å². The molecule has 1 heterocycles. The largest absolute Gasteiger partial charge is 0.478 e. The van der Waals surface area contributed by atoms with Gasteiger partial charge in [-0.05, 0) is 38.3 Å². The molecule has 0 atom stereocenters. The maximum absolute atomic E-state index is 11.0. The van der Waals surface area contributed by atoms with Crippen molar-refractivity contribution < 1.29 is 14.3 Å². The molecule has 2 rings (SSSR count). The molecule has 1 fully saturated rings. The molecule has 0 radical (unpaired) electrons. The van der Waals surface area contributed by atoms with Crippen molar-refractivity contribution in [2.45, 2.75) is 39.7 Å². The highest BCUT2D eigenvalue weighted by atomic mass is 16.4. The summed E-state index contributed by atoms with van der Waals surface area (Å²) in [4.78, 5) is 13.3. The van der Waals surface area contributed by atoms with Crippen LogP contribution in [0.15, 0.2) is 10.5 Å². The molecule has 1 aromatic rings. The van der Waals surface area contributed by atoms with Crippen LogP contribution in [0.1, 0.15) is 48.1 Å². The number of furan rings is 1. The Bertz CT molecular complexity index is 421. The van der Waals surface area contributed by atoms with E-state index in [2.05, 4.69) is 11.8 Å². The average molecular weight is 251 g/mol. The fraction of sp³-hybridized carbons (Fsp3) is 0.643. The van der Waals surface area contributed by atoms with Crippen LogP contribution in [0, 0.1) is 12.8 Å². The van der Waals surface area contributed by atoms with Gasteiger partial charge in [-0.1, -0.05) is 13.3 Å². The van der Waals surface area contributed by atoms with Gasteiger partial charge >= 0.3 is 5.97 Å². The summed E-state index contributed by atoms with van der Waals surface area (Å²) in [5, 5.41) is 8.99. The first kappa shape index (κ1) is 13.1. The predicted octanol–water partition coefficient (Wildman–Crippen LogP) is 2.91. The summed E-state index contributed by atoms with van der Waals surface area (Å²) in [5.41, 5.74) is 0.282. The molecular formula is C14H21NO3. The minimum Gasteiger partial charge on any atom is -0.478 e. The van der Waals surface area contributed by atoms with E-state index in [9.17, 15) is 4.79 Å². The number of carboxylic acid groups (broad SMARTS) is 1. The van der Waals surface area contributed by atoms with E-state index in [4.69, 9.17) is 9.52 Å². The van der Waals surface area contributed by atoms with E-state index in [1.165, 1.54) is 19.3 Å². The van der Waals surface area contributed by atoms with Crippen LogP contribution >= 0.6 is 0 Å². The standard InChI is InChI=1S/C14H21NO3/c1-3-15(8-11-5-4-6-11)9-12-7-13(14(16)17)10(2)18-12/h7,11H,3-6,8-9H2,1-2H3,(H,16,17). The van der Waals surface area contributed by atoms with E-state index in [0.29, 0.717) is 12.3 Å². The lowest BCUT2D eigenvalue weighted by atomic mass is 9.85. The van der Waals surface area contributed by atoms with Gasteiger partial charge < -0.3 is 9.52 Å². The molecule has 0 saturated heterocycles. The lowest BCUT2D eigenvalue weighted by molar-refractivity contribution is 0.0695. The van der Waals surface area contributed by atoms with Gasteiger partial charge in [0.1, 0.15) is 17.1 Å². The van der Waals surface area contributed by atoms with Crippen LogP contribution < -0.4 is 0 Å². The Morgan fingerprint density at radius 3 is 2.72 bits per heavy atom. The molecule has 1 N–H and O–H groups in total. The monoisotopic (exact) mass is 251 g/mol. The molecule has 18 heavy (non-hydrogen) atoms. The van der Waals surface area contributed by atoms with Crippen molar-refractivity contribution in [2.75, 3.05) is 13.1 Å². The summed E-state index contributed by atoms with van der Waals surface area (Å²) in [7, 11) is 0. The number of aromatic carboxylic acids is 1. The van der Waals surface area contributed by atoms with E-state index in [0.717, 1.165) is 24.8 Å². The quantitative estimate of drug-likeness (QED) is 0.844. The van der Waals surface area contributed by atoms with E-state index < -0.39 is 5.97 Å². The molecule has 1 aliphatic carbocycles. The molecule has 0 bridgehead atoms. The highest BCUT2D eigenvalue weighted by molar-refractivity contribution is 5.88. The van der Waals surface area contributed by atoms with Crippen molar-refractivity contribution in [2.24, 2.45) is 5.92 Å². The Hall–Kier alpha value is -1.29. The van der Waals surface area contributed by atoms with Crippen LogP contribution in [0.4, 0.5) is 0 Å². The minimum atomic E-state index is -0.912. The van der Waals surface area contributed by atoms with Crippen molar-refractivity contribution in [1.29, 1.82) is 0 Å². The van der Waals surface area contributed by atoms with Crippen LogP contribution in [-0.2, 0) is 6.54 Å². The number of rotatable bonds is 6. The van der Waals surface area contributed by atoms with Crippen molar-refractivity contribution >= 4 is 5.97 Å². The maximum atomic E-state index is 11.0. The zero-order chi connectivity index (χ0) is 13.1. The number of hydrogen-bond donors (Lipinski definition) is 1. The van der Waals surface area contributed by atoms with Crippen LogP contribution in [0.3, 0.4) is 0 Å². The second-order valence-corrected chi connectivity index (χ2v) is 5.11. The smallest absolute Gasteiger partial charge is 0.339 e. The normalized spacial score (nSPS) is 15.9. The van der Waals surface area contributed by atoms with Crippen molar-refractivity contribution in [3.8, 4) is 0 Å². The Balaban J connectivity index is 1.97. The SMILES string of the molecule is CCN(Cc1cc(C(=O)O)c(C)o1)CC1CCC1. The lowest BCUT2D eigenvalue weighted by Gasteiger charge is -2.31. The highest BCUT2D eigenvalue weighted by Crippen LogP contribution is 2.27. The molecule has 1 saturated carbocycles. The summed E-state index contributed by atoms with van der Waals surface area (Å²) >= 11 is 0. The molecule has 4 heteroatoms. The molecule has 1 aliphatic rings. The third-order valence-corrected chi connectivity index (χ3v) is 3.77. The first-order valence-corrected chi connectivity index (χ1v) is 6.65. The Kier molecular flexibility index (Phi) is 4.07. The topological polar surface area (TPSA) is 53.7 Å². The second kappa shape index (κ2) is 5.57. The maximum Gasteiger partial charge on any atom is 0.339 e.